The van der Waals surface area contributed by atoms with Gasteiger partial charge < -0.3 is 4.90 Å². The van der Waals surface area contributed by atoms with Gasteiger partial charge in [-0.3, -0.25) is 14.7 Å². The summed E-state index contributed by atoms with van der Waals surface area (Å²) in [6.45, 7) is 5.57. The van der Waals surface area contributed by atoms with Gasteiger partial charge in [-0.25, -0.2) is 8.78 Å². The van der Waals surface area contributed by atoms with Gasteiger partial charge in [0.15, 0.2) is 11.6 Å². The van der Waals surface area contributed by atoms with E-state index >= 15 is 0 Å². The first-order valence-corrected chi connectivity index (χ1v) is 8.42. The molecule has 0 saturated carbocycles. The van der Waals surface area contributed by atoms with E-state index in [-0.39, 0.29) is 11.5 Å². The van der Waals surface area contributed by atoms with Crippen LogP contribution in [-0.4, -0.2) is 53.4 Å². The summed E-state index contributed by atoms with van der Waals surface area (Å²) in [5.41, 5.74) is 2.27. The molecule has 0 atom stereocenters. The second-order valence-electron chi connectivity index (χ2n) is 6.28. The molecule has 0 N–H and O–H groups in total. The number of carbonyl (C=O) groups is 1. The van der Waals surface area contributed by atoms with Crippen LogP contribution in [0, 0.1) is 18.6 Å². The topological polar surface area (TPSA) is 36.4 Å². The third kappa shape index (κ3) is 4.39. The van der Waals surface area contributed by atoms with Gasteiger partial charge in [-0.1, -0.05) is 6.07 Å². The molecule has 6 heteroatoms. The molecule has 1 aromatic heterocycles. The van der Waals surface area contributed by atoms with E-state index in [9.17, 15) is 13.6 Å². The molecule has 132 valence electrons. The van der Waals surface area contributed by atoms with E-state index in [0.29, 0.717) is 13.1 Å². The molecule has 0 aliphatic carbocycles. The molecular formula is C19H21F2N3O. The molecule has 2 aromatic rings. The number of aryl methyl sites for hydroxylation is 1. The fourth-order valence-electron chi connectivity index (χ4n) is 3.00. The fraction of sp³-hybridized carbons (Fsp3) is 0.368. The maximum Gasteiger partial charge on any atom is 0.254 e. The molecule has 1 aliphatic heterocycles. The zero-order valence-electron chi connectivity index (χ0n) is 14.2. The summed E-state index contributed by atoms with van der Waals surface area (Å²) in [4.78, 5) is 20.9. The van der Waals surface area contributed by atoms with Crippen LogP contribution in [0.2, 0.25) is 0 Å². The average molecular weight is 345 g/mol. The molecule has 2 heterocycles. The summed E-state index contributed by atoms with van der Waals surface area (Å²) in [6, 6.07) is 9.30. The highest BCUT2D eigenvalue weighted by Crippen LogP contribution is 2.13. The van der Waals surface area contributed by atoms with Gasteiger partial charge in [0.25, 0.3) is 5.91 Å². The van der Waals surface area contributed by atoms with E-state index in [4.69, 9.17) is 0 Å². The van der Waals surface area contributed by atoms with Gasteiger partial charge in [0, 0.05) is 56.1 Å². The zero-order valence-corrected chi connectivity index (χ0v) is 14.2. The predicted octanol–water partition coefficient (Wildman–Crippen LogP) is 2.67. The van der Waals surface area contributed by atoms with Crippen LogP contribution < -0.4 is 0 Å². The summed E-state index contributed by atoms with van der Waals surface area (Å²) < 4.78 is 26.3. The van der Waals surface area contributed by atoms with Crippen LogP contribution in [0.5, 0.6) is 0 Å². The minimum Gasteiger partial charge on any atom is -0.336 e. The van der Waals surface area contributed by atoms with Gasteiger partial charge in [-0.15, -0.1) is 0 Å². The largest absolute Gasteiger partial charge is 0.336 e. The summed E-state index contributed by atoms with van der Waals surface area (Å²) in [6.07, 6.45) is 0.874. The minimum atomic E-state index is -0.991. The number of halogens is 2. The van der Waals surface area contributed by atoms with Gasteiger partial charge in [0.05, 0.1) is 0 Å². The lowest BCUT2D eigenvalue weighted by molar-refractivity contribution is 0.0637. The molecule has 0 radical (unpaired) electrons. The summed E-state index contributed by atoms with van der Waals surface area (Å²) in [5.74, 6) is -2.18. The van der Waals surface area contributed by atoms with Crippen molar-refractivity contribution in [1.82, 2.24) is 14.8 Å². The minimum absolute atomic E-state index is 0.191. The van der Waals surface area contributed by atoms with Crippen molar-refractivity contribution in [2.24, 2.45) is 0 Å². The first-order valence-electron chi connectivity index (χ1n) is 8.42. The Kier molecular flexibility index (Phi) is 5.38. The highest BCUT2D eigenvalue weighted by molar-refractivity contribution is 5.94. The third-order valence-electron chi connectivity index (χ3n) is 4.46. The number of hydrogen-bond acceptors (Lipinski definition) is 3. The molecule has 1 fully saturated rings. The number of aromatic nitrogens is 1. The van der Waals surface area contributed by atoms with Crippen molar-refractivity contribution in [3.63, 3.8) is 0 Å². The highest BCUT2D eigenvalue weighted by atomic mass is 19.2. The molecule has 4 nitrogen and oxygen atoms in total. The van der Waals surface area contributed by atoms with Crippen molar-refractivity contribution in [2.75, 3.05) is 32.7 Å². The van der Waals surface area contributed by atoms with E-state index in [0.717, 1.165) is 49.6 Å². The number of benzene rings is 1. The third-order valence-corrected chi connectivity index (χ3v) is 4.46. The lowest BCUT2D eigenvalue weighted by atomic mass is 10.1. The molecule has 1 aromatic carbocycles. The number of hydrogen-bond donors (Lipinski definition) is 0. The Morgan fingerprint density at radius 2 is 1.84 bits per heavy atom. The summed E-state index contributed by atoms with van der Waals surface area (Å²) in [5, 5.41) is 0. The Balaban J connectivity index is 1.51. The van der Waals surface area contributed by atoms with Crippen molar-refractivity contribution in [1.29, 1.82) is 0 Å². The monoisotopic (exact) mass is 345 g/mol. The van der Waals surface area contributed by atoms with Gasteiger partial charge in [-0.2, -0.15) is 0 Å². The SMILES string of the molecule is Cc1cccc(CCN2CCN(C(=O)c3ccc(F)c(F)c3)CC2)n1. The predicted molar refractivity (Wildman–Crippen MR) is 91.4 cm³/mol. The van der Waals surface area contributed by atoms with Gasteiger partial charge >= 0.3 is 0 Å². The van der Waals surface area contributed by atoms with Crippen LogP contribution in [0.15, 0.2) is 36.4 Å². The van der Waals surface area contributed by atoms with E-state index in [1.165, 1.54) is 6.07 Å². The van der Waals surface area contributed by atoms with Crippen molar-refractivity contribution in [3.8, 4) is 0 Å². The van der Waals surface area contributed by atoms with Crippen molar-refractivity contribution >= 4 is 5.91 Å². The molecule has 1 amide bonds. The smallest absolute Gasteiger partial charge is 0.254 e. The van der Waals surface area contributed by atoms with Crippen molar-refractivity contribution < 1.29 is 13.6 Å². The number of nitrogens with zero attached hydrogens (tertiary/aromatic N) is 3. The Morgan fingerprint density at radius 3 is 2.52 bits per heavy atom. The lowest BCUT2D eigenvalue weighted by Gasteiger charge is -2.34. The van der Waals surface area contributed by atoms with Crippen LogP contribution >= 0.6 is 0 Å². The second kappa shape index (κ2) is 7.70. The Hall–Kier alpha value is -2.34. The molecule has 25 heavy (non-hydrogen) atoms. The average Bonchev–Trinajstić information content (AvgIpc) is 2.62. The number of rotatable bonds is 4. The highest BCUT2D eigenvalue weighted by Gasteiger charge is 2.22. The van der Waals surface area contributed by atoms with E-state index in [2.05, 4.69) is 9.88 Å². The first kappa shape index (κ1) is 17.5. The van der Waals surface area contributed by atoms with Crippen LogP contribution in [0.25, 0.3) is 0 Å². The zero-order chi connectivity index (χ0) is 17.8. The van der Waals surface area contributed by atoms with Gasteiger partial charge in [-0.05, 0) is 37.3 Å². The van der Waals surface area contributed by atoms with E-state index in [1.54, 1.807) is 4.90 Å². The standard InChI is InChI=1S/C19H21F2N3O/c1-14-3-2-4-16(22-14)7-8-23-9-11-24(12-10-23)19(25)15-5-6-17(20)18(21)13-15/h2-6,13H,7-12H2,1H3. The molecule has 0 bridgehead atoms. The van der Waals surface area contributed by atoms with Crippen LogP contribution in [0.4, 0.5) is 8.78 Å². The van der Waals surface area contributed by atoms with E-state index in [1.807, 2.05) is 25.1 Å². The fourth-order valence-corrected chi connectivity index (χ4v) is 3.00. The first-order chi connectivity index (χ1) is 12.0. The van der Waals surface area contributed by atoms with Crippen molar-refractivity contribution in [3.05, 3.63) is 65.0 Å². The van der Waals surface area contributed by atoms with Crippen molar-refractivity contribution in [2.45, 2.75) is 13.3 Å². The Morgan fingerprint density at radius 1 is 1.08 bits per heavy atom. The Bertz CT molecular complexity index is 758. The van der Waals surface area contributed by atoms with Gasteiger partial charge in [0.1, 0.15) is 0 Å². The number of amides is 1. The second-order valence-corrected chi connectivity index (χ2v) is 6.28. The molecule has 0 unspecified atom stereocenters. The molecule has 1 saturated heterocycles. The number of pyridine rings is 1. The molecular weight excluding hydrogens is 324 g/mol. The summed E-state index contributed by atoms with van der Waals surface area (Å²) in [7, 11) is 0. The summed E-state index contributed by atoms with van der Waals surface area (Å²) >= 11 is 0. The molecule has 1 aliphatic rings. The normalized spacial score (nSPS) is 15.4. The van der Waals surface area contributed by atoms with Crippen LogP contribution in [0.3, 0.4) is 0 Å². The lowest BCUT2D eigenvalue weighted by Crippen LogP contribution is -2.49. The number of piperazine rings is 1. The number of carbonyl (C=O) groups excluding carboxylic acids is 1. The maximum absolute atomic E-state index is 13.3. The quantitative estimate of drug-likeness (QED) is 0.855. The van der Waals surface area contributed by atoms with Crippen LogP contribution in [0.1, 0.15) is 21.7 Å². The van der Waals surface area contributed by atoms with Crippen LogP contribution in [-0.2, 0) is 6.42 Å². The van der Waals surface area contributed by atoms with Gasteiger partial charge in [0.2, 0.25) is 0 Å². The Labute approximate surface area is 146 Å². The van der Waals surface area contributed by atoms with E-state index < -0.39 is 11.6 Å². The maximum atomic E-state index is 13.3. The molecule has 0 spiro atoms. The molecule has 3 rings (SSSR count).